The van der Waals surface area contributed by atoms with Crippen LogP contribution in [-0.2, 0) is 0 Å². The number of hydrogen-bond acceptors (Lipinski definition) is 0. The minimum atomic E-state index is 0.782. The Bertz CT molecular complexity index is 868. The monoisotopic (exact) mass is 253 g/mol. The Morgan fingerprint density at radius 3 is 1.85 bits per heavy atom. The van der Waals surface area contributed by atoms with Gasteiger partial charge in [-0.3, -0.25) is 0 Å². The van der Waals surface area contributed by atoms with Gasteiger partial charge in [-0.25, -0.2) is 0 Å². The van der Waals surface area contributed by atoms with Gasteiger partial charge in [0.05, 0.1) is 11.0 Å². The van der Waals surface area contributed by atoms with Crippen LogP contribution in [0.4, 0.5) is 0 Å². The quantitative estimate of drug-likeness (QED) is 0.457. The van der Waals surface area contributed by atoms with Gasteiger partial charge in [0.1, 0.15) is 7.85 Å². The predicted molar refractivity (Wildman–Crippen MR) is 86.2 cm³/mol. The third kappa shape index (κ3) is 1.58. The number of nitrogens with zero attached hydrogens (tertiary/aromatic N) is 1. The number of benzene rings is 3. The van der Waals surface area contributed by atoms with Gasteiger partial charge in [0, 0.05) is 16.5 Å². The molecule has 92 valence electrons. The number of fused-ring (bicyclic) bond motifs is 3. The summed E-state index contributed by atoms with van der Waals surface area (Å²) < 4.78 is 2.26. The van der Waals surface area contributed by atoms with Crippen molar-refractivity contribution >= 4 is 35.1 Å². The van der Waals surface area contributed by atoms with E-state index in [4.69, 9.17) is 7.85 Å². The highest BCUT2D eigenvalue weighted by molar-refractivity contribution is 6.32. The first-order valence-electron chi connectivity index (χ1n) is 6.69. The third-order valence-corrected chi connectivity index (χ3v) is 3.71. The highest BCUT2D eigenvalue weighted by atomic mass is 15.0. The Balaban J connectivity index is 2.21. The molecule has 1 nitrogen and oxygen atoms in total. The maximum Gasteiger partial charge on any atom is 0.113 e. The minimum Gasteiger partial charge on any atom is -0.309 e. The molecule has 3 aromatic carbocycles. The van der Waals surface area contributed by atoms with Gasteiger partial charge in [0.15, 0.2) is 0 Å². The summed E-state index contributed by atoms with van der Waals surface area (Å²) in [5.41, 5.74) is 4.30. The second-order valence-electron chi connectivity index (χ2n) is 4.96. The summed E-state index contributed by atoms with van der Waals surface area (Å²) >= 11 is 0. The fourth-order valence-electron chi connectivity index (χ4n) is 2.86. The Kier molecular flexibility index (Phi) is 2.43. The lowest BCUT2D eigenvalue weighted by molar-refractivity contribution is 1.18. The molecule has 20 heavy (non-hydrogen) atoms. The molecule has 0 aliphatic carbocycles. The molecule has 0 fully saturated rings. The fraction of sp³-hybridized carbons (Fsp3) is 0. The van der Waals surface area contributed by atoms with Gasteiger partial charge < -0.3 is 4.57 Å². The molecule has 4 rings (SSSR count). The second kappa shape index (κ2) is 4.27. The zero-order valence-electron chi connectivity index (χ0n) is 11.0. The van der Waals surface area contributed by atoms with Crippen molar-refractivity contribution in [3.8, 4) is 5.69 Å². The molecule has 0 amide bonds. The molecular formula is C18H12BN. The summed E-state index contributed by atoms with van der Waals surface area (Å²) in [5, 5.41) is 2.54. The van der Waals surface area contributed by atoms with Crippen LogP contribution in [0.1, 0.15) is 0 Å². The van der Waals surface area contributed by atoms with Gasteiger partial charge in [-0.1, -0.05) is 54.0 Å². The standard InChI is InChI=1S/C18H12BN/c19-13-6-5-7-14(12-13)20-17-10-3-1-8-15(17)16-9-2-4-11-18(16)20/h1-12H. The van der Waals surface area contributed by atoms with Crippen molar-refractivity contribution in [2.24, 2.45) is 0 Å². The van der Waals surface area contributed by atoms with Crippen LogP contribution in [0.5, 0.6) is 0 Å². The van der Waals surface area contributed by atoms with Crippen molar-refractivity contribution in [3.63, 3.8) is 0 Å². The average molecular weight is 253 g/mol. The average Bonchev–Trinajstić information content (AvgIpc) is 2.82. The highest BCUT2D eigenvalue weighted by Crippen LogP contribution is 2.31. The third-order valence-electron chi connectivity index (χ3n) is 3.71. The van der Waals surface area contributed by atoms with Gasteiger partial charge in [0.25, 0.3) is 0 Å². The smallest absolute Gasteiger partial charge is 0.113 e. The molecule has 2 radical (unpaired) electrons. The van der Waals surface area contributed by atoms with E-state index in [1.165, 1.54) is 21.8 Å². The topological polar surface area (TPSA) is 4.93 Å². The second-order valence-corrected chi connectivity index (χ2v) is 4.96. The molecule has 0 saturated heterocycles. The summed E-state index contributed by atoms with van der Waals surface area (Å²) in [7, 11) is 5.94. The Hall–Kier alpha value is -2.48. The van der Waals surface area contributed by atoms with Crippen molar-refractivity contribution in [1.82, 2.24) is 4.57 Å². The predicted octanol–water partition coefficient (Wildman–Crippen LogP) is 3.58. The molecule has 0 spiro atoms. The molecule has 2 heteroatoms. The lowest BCUT2D eigenvalue weighted by Gasteiger charge is -2.08. The van der Waals surface area contributed by atoms with E-state index < -0.39 is 0 Å². The number of hydrogen-bond donors (Lipinski definition) is 0. The lowest BCUT2D eigenvalue weighted by Crippen LogP contribution is -2.04. The molecular weight excluding hydrogens is 241 g/mol. The van der Waals surface area contributed by atoms with Crippen LogP contribution in [0.3, 0.4) is 0 Å². The Morgan fingerprint density at radius 2 is 1.25 bits per heavy atom. The maximum absolute atomic E-state index is 5.94. The van der Waals surface area contributed by atoms with E-state index in [1.54, 1.807) is 0 Å². The first-order chi connectivity index (χ1) is 9.84. The molecule has 0 aliphatic heterocycles. The first kappa shape index (κ1) is 11.4. The fourth-order valence-corrected chi connectivity index (χ4v) is 2.86. The van der Waals surface area contributed by atoms with Crippen LogP contribution in [0.25, 0.3) is 27.5 Å². The van der Waals surface area contributed by atoms with Gasteiger partial charge in [0.2, 0.25) is 0 Å². The number of para-hydroxylation sites is 2. The van der Waals surface area contributed by atoms with Gasteiger partial charge in [-0.15, -0.1) is 0 Å². The first-order valence-corrected chi connectivity index (χ1v) is 6.69. The van der Waals surface area contributed by atoms with E-state index in [0.717, 1.165) is 11.2 Å². The largest absolute Gasteiger partial charge is 0.309 e. The number of aromatic nitrogens is 1. The van der Waals surface area contributed by atoms with Crippen molar-refractivity contribution in [2.45, 2.75) is 0 Å². The summed E-state index contributed by atoms with van der Waals surface area (Å²) in [6, 6.07) is 25.0. The number of rotatable bonds is 1. The van der Waals surface area contributed by atoms with E-state index in [0.29, 0.717) is 0 Å². The lowest BCUT2D eigenvalue weighted by atomic mass is 9.96. The molecule has 1 heterocycles. The molecule has 0 bridgehead atoms. The molecule has 4 aromatic rings. The van der Waals surface area contributed by atoms with Gasteiger partial charge in [-0.05, 0) is 24.3 Å². The highest BCUT2D eigenvalue weighted by Gasteiger charge is 2.10. The van der Waals surface area contributed by atoms with Crippen LogP contribution < -0.4 is 5.46 Å². The zero-order chi connectivity index (χ0) is 13.5. The van der Waals surface area contributed by atoms with Crippen molar-refractivity contribution < 1.29 is 0 Å². The van der Waals surface area contributed by atoms with Crippen molar-refractivity contribution in [1.29, 1.82) is 0 Å². The van der Waals surface area contributed by atoms with E-state index in [9.17, 15) is 0 Å². The maximum atomic E-state index is 5.94. The van der Waals surface area contributed by atoms with E-state index in [2.05, 4.69) is 59.2 Å². The minimum absolute atomic E-state index is 0.782. The molecule has 1 aromatic heterocycles. The van der Waals surface area contributed by atoms with Gasteiger partial charge in [-0.2, -0.15) is 0 Å². The SMILES string of the molecule is [B]c1cccc(-n2c3ccccc3c3ccccc32)c1. The Labute approximate surface area is 118 Å². The van der Waals surface area contributed by atoms with E-state index in [-0.39, 0.29) is 0 Å². The normalized spacial score (nSPS) is 11.2. The summed E-state index contributed by atoms with van der Waals surface area (Å²) in [5.74, 6) is 0. The molecule has 0 aliphatic rings. The molecule has 0 saturated carbocycles. The summed E-state index contributed by atoms with van der Waals surface area (Å²) in [4.78, 5) is 0. The van der Waals surface area contributed by atoms with E-state index in [1.807, 2.05) is 18.2 Å². The van der Waals surface area contributed by atoms with Crippen molar-refractivity contribution in [3.05, 3.63) is 72.8 Å². The van der Waals surface area contributed by atoms with Crippen LogP contribution in [0, 0.1) is 0 Å². The van der Waals surface area contributed by atoms with Crippen LogP contribution in [0.2, 0.25) is 0 Å². The van der Waals surface area contributed by atoms with Crippen LogP contribution in [-0.4, -0.2) is 12.4 Å². The molecule has 0 unspecified atom stereocenters. The van der Waals surface area contributed by atoms with E-state index >= 15 is 0 Å². The zero-order valence-corrected chi connectivity index (χ0v) is 11.0. The van der Waals surface area contributed by atoms with Crippen molar-refractivity contribution in [2.75, 3.05) is 0 Å². The van der Waals surface area contributed by atoms with Gasteiger partial charge >= 0.3 is 0 Å². The Morgan fingerprint density at radius 1 is 0.650 bits per heavy atom. The summed E-state index contributed by atoms with van der Waals surface area (Å²) in [6.07, 6.45) is 0. The molecule has 0 N–H and O–H groups in total. The van der Waals surface area contributed by atoms with Crippen LogP contribution in [0.15, 0.2) is 72.8 Å². The molecule has 0 atom stereocenters. The van der Waals surface area contributed by atoms with Crippen LogP contribution >= 0.6 is 0 Å². The summed E-state index contributed by atoms with van der Waals surface area (Å²) in [6.45, 7) is 0.